The molecule has 2 aliphatic heterocycles. The van der Waals surface area contributed by atoms with Crippen LogP contribution in [0.25, 0.3) is 0 Å². The molecule has 2 heterocycles. The van der Waals surface area contributed by atoms with Gasteiger partial charge in [-0.25, -0.2) is 4.39 Å². The molecule has 2 saturated heterocycles. The maximum absolute atomic E-state index is 15.3. The third-order valence-corrected chi connectivity index (χ3v) is 12.2. The molecule has 1 saturated carbocycles. The minimum atomic E-state index is -1.55. The van der Waals surface area contributed by atoms with Crippen molar-refractivity contribution in [1.82, 2.24) is 9.91 Å². The Labute approximate surface area is 317 Å². The average molecular weight is 832 g/mol. The van der Waals surface area contributed by atoms with Gasteiger partial charge >= 0.3 is 0 Å². The molecule has 0 bridgehead atoms. The molecule has 9 nitrogen and oxygen atoms in total. The van der Waals surface area contributed by atoms with Crippen molar-refractivity contribution in [3.8, 4) is 11.5 Å². The fourth-order valence-corrected chi connectivity index (χ4v) is 9.68. The maximum Gasteiger partial charge on any atom is 0.260 e. The van der Waals surface area contributed by atoms with Gasteiger partial charge in [-0.3, -0.25) is 29.5 Å². The number of likely N-dealkylation sites (tertiary alicyclic amines) is 1. The highest BCUT2D eigenvalue weighted by Gasteiger charge is 2.70. The van der Waals surface area contributed by atoms with Gasteiger partial charge in [0.2, 0.25) is 11.8 Å². The topological polar surface area (TPSA) is 116 Å². The van der Waals surface area contributed by atoms with Gasteiger partial charge < -0.3 is 9.84 Å². The molecule has 0 spiro atoms. The summed E-state index contributed by atoms with van der Waals surface area (Å²) in [6.45, 7) is 0.134. The molecule has 0 aromatic heterocycles. The van der Waals surface area contributed by atoms with Crippen LogP contribution in [-0.2, 0) is 31.1 Å². The van der Waals surface area contributed by atoms with Gasteiger partial charge in [0, 0.05) is 10.9 Å². The lowest BCUT2D eigenvalue weighted by atomic mass is 9.49. The Morgan fingerprint density at radius 3 is 2.35 bits per heavy atom. The number of anilines is 1. The number of methoxy groups -OCH3 is 1. The van der Waals surface area contributed by atoms with Gasteiger partial charge in [-0.05, 0) is 107 Å². The SMILES string of the molecule is COc1cc(C2C3=CCC4C(=O)N(Cc5ccccc5)C(=O)C4C3CC3C(=O)N(Nc4ccc(F)cc4)C(=O)C32c2ccc(Cl)cc2)cc(I)c1O. The minimum Gasteiger partial charge on any atom is -0.504 e. The molecule has 4 amide bonds. The molecule has 52 heavy (non-hydrogen) atoms. The molecule has 3 fully saturated rings. The van der Waals surface area contributed by atoms with Crippen LogP contribution < -0.4 is 10.2 Å². The molecule has 6 atom stereocenters. The predicted octanol–water partition coefficient (Wildman–Crippen LogP) is 6.98. The van der Waals surface area contributed by atoms with Crippen molar-refractivity contribution in [1.29, 1.82) is 0 Å². The second-order valence-electron chi connectivity index (χ2n) is 13.7. The van der Waals surface area contributed by atoms with Gasteiger partial charge in [0.25, 0.3) is 11.8 Å². The fourth-order valence-electron chi connectivity index (χ4n) is 8.93. The Balaban J connectivity index is 1.32. The fraction of sp³-hybridized carbons (Fsp3) is 0.250. The number of benzene rings is 4. The summed E-state index contributed by atoms with van der Waals surface area (Å²) < 4.78 is 19.9. The Kier molecular flexibility index (Phi) is 8.61. The summed E-state index contributed by atoms with van der Waals surface area (Å²) in [6, 6.07) is 24.9. The quantitative estimate of drug-likeness (QED) is 0.117. The summed E-state index contributed by atoms with van der Waals surface area (Å²) in [5.74, 6) is -5.75. The van der Waals surface area contributed by atoms with Crippen molar-refractivity contribution < 1.29 is 33.4 Å². The van der Waals surface area contributed by atoms with E-state index in [0.717, 1.165) is 16.1 Å². The molecule has 264 valence electrons. The summed E-state index contributed by atoms with van der Waals surface area (Å²) in [4.78, 5) is 59.8. The van der Waals surface area contributed by atoms with Gasteiger partial charge in [0.15, 0.2) is 11.5 Å². The van der Waals surface area contributed by atoms with Gasteiger partial charge in [0.05, 0.1) is 46.1 Å². The van der Waals surface area contributed by atoms with Crippen molar-refractivity contribution in [3.05, 3.63) is 134 Å². The molecular formula is C40H32ClFIN3O6. The van der Waals surface area contributed by atoms with E-state index >= 15 is 4.79 Å². The highest BCUT2D eigenvalue weighted by Crippen LogP contribution is 2.64. The Morgan fingerprint density at radius 1 is 0.942 bits per heavy atom. The van der Waals surface area contributed by atoms with Crippen LogP contribution in [0, 0.1) is 33.1 Å². The largest absolute Gasteiger partial charge is 0.504 e. The molecule has 12 heteroatoms. The van der Waals surface area contributed by atoms with Gasteiger partial charge in [0.1, 0.15) is 5.82 Å². The molecule has 8 rings (SSSR count). The van der Waals surface area contributed by atoms with E-state index in [1.165, 1.54) is 36.3 Å². The van der Waals surface area contributed by atoms with Crippen LogP contribution in [-0.4, -0.2) is 45.8 Å². The number of aromatic hydroxyl groups is 1. The van der Waals surface area contributed by atoms with Crippen LogP contribution in [0.3, 0.4) is 0 Å². The summed E-state index contributed by atoms with van der Waals surface area (Å²) in [5.41, 5.74) is 4.45. The van der Waals surface area contributed by atoms with E-state index in [1.807, 2.05) is 59.0 Å². The van der Waals surface area contributed by atoms with Crippen molar-refractivity contribution in [2.24, 2.45) is 23.7 Å². The Morgan fingerprint density at radius 2 is 1.65 bits per heavy atom. The van der Waals surface area contributed by atoms with Crippen LogP contribution >= 0.6 is 34.2 Å². The third-order valence-electron chi connectivity index (χ3n) is 11.1. The molecular weight excluding hydrogens is 800 g/mol. The smallest absolute Gasteiger partial charge is 0.260 e. The molecule has 4 aromatic carbocycles. The highest BCUT2D eigenvalue weighted by atomic mass is 127. The number of hydrazine groups is 1. The standard InChI is InChI=1S/C40H32ClFIN3O6/c1-52-32-18-22(17-31(43)35(32)47)34-27-15-16-28-33(38(50)45(36(28)48)20-21-5-3-2-4-6-21)29(27)19-30-37(49)46(44-26-13-11-25(42)12-14-26)39(51)40(30,34)23-7-9-24(41)10-8-23/h2-15,17-18,28-30,33-34,44,47H,16,19-20H2,1H3. The number of ether oxygens (including phenoxy) is 1. The number of fused-ring (bicyclic) bond motifs is 4. The first-order chi connectivity index (χ1) is 25.0. The summed E-state index contributed by atoms with van der Waals surface area (Å²) in [5, 5.41) is 12.3. The normalized spacial score (nSPS) is 26.5. The molecule has 0 radical (unpaired) electrons. The predicted molar refractivity (Wildman–Crippen MR) is 198 cm³/mol. The van der Waals surface area contributed by atoms with Crippen molar-refractivity contribution in [3.63, 3.8) is 0 Å². The van der Waals surface area contributed by atoms with Gasteiger partial charge in [-0.1, -0.05) is 65.7 Å². The van der Waals surface area contributed by atoms with Crippen LogP contribution in [0.15, 0.2) is 103 Å². The Hall–Kier alpha value is -4.75. The summed E-state index contributed by atoms with van der Waals surface area (Å²) in [6.07, 6.45) is 2.36. The van der Waals surface area contributed by atoms with Crippen LogP contribution in [0.2, 0.25) is 5.02 Å². The number of nitrogens with one attached hydrogen (secondary N) is 1. The van der Waals surface area contributed by atoms with Gasteiger partial charge in [-0.2, -0.15) is 5.01 Å². The molecule has 2 aliphatic carbocycles. The van der Waals surface area contributed by atoms with E-state index in [2.05, 4.69) is 5.43 Å². The molecule has 2 N–H and O–H groups in total. The second kappa shape index (κ2) is 13.0. The zero-order chi connectivity index (χ0) is 36.5. The first-order valence-corrected chi connectivity index (χ1v) is 18.3. The summed E-state index contributed by atoms with van der Waals surface area (Å²) in [7, 11) is 1.43. The molecule has 6 unspecified atom stereocenters. The Bertz CT molecular complexity index is 2160. The van der Waals surface area contributed by atoms with Crippen LogP contribution in [0.4, 0.5) is 10.1 Å². The number of rotatable bonds is 7. The zero-order valence-corrected chi connectivity index (χ0v) is 30.7. The van der Waals surface area contributed by atoms with E-state index in [0.29, 0.717) is 25.4 Å². The monoisotopic (exact) mass is 831 g/mol. The van der Waals surface area contributed by atoms with E-state index < -0.39 is 52.6 Å². The third kappa shape index (κ3) is 5.22. The van der Waals surface area contributed by atoms with E-state index in [9.17, 15) is 23.9 Å². The highest BCUT2D eigenvalue weighted by molar-refractivity contribution is 14.1. The lowest BCUT2D eigenvalue weighted by Crippen LogP contribution is -2.53. The number of phenols is 1. The number of hydrogen-bond acceptors (Lipinski definition) is 7. The number of halogens is 3. The average Bonchev–Trinajstić information content (AvgIpc) is 3.51. The number of phenolic OH excluding ortho intramolecular Hbond substituents is 1. The van der Waals surface area contributed by atoms with Gasteiger partial charge in [-0.15, -0.1) is 0 Å². The van der Waals surface area contributed by atoms with Crippen LogP contribution in [0.5, 0.6) is 11.5 Å². The van der Waals surface area contributed by atoms with E-state index in [1.54, 1.807) is 36.4 Å². The number of allylic oxidation sites excluding steroid dienone is 2. The number of carbonyl (C=O) groups is 4. The lowest BCUT2D eigenvalue weighted by Gasteiger charge is -2.50. The van der Waals surface area contributed by atoms with Crippen LogP contribution in [0.1, 0.15) is 35.4 Å². The van der Waals surface area contributed by atoms with Crippen molar-refractivity contribution >= 4 is 63.5 Å². The number of amides is 4. The van der Waals surface area contributed by atoms with Crippen molar-refractivity contribution in [2.75, 3.05) is 12.5 Å². The van der Waals surface area contributed by atoms with Crippen molar-refractivity contribution in [2.45, 2.75) is 30.7 Å². The summed E-state index contributed by atoms with van der Waals surface area (Å²) >= 11 is 8.38. The lowest BCUT2D eigenvalue weighted by molar-refractivity contribution is -0.142. The molecule has 4 aromatic rings. The number of carbonyl (C=O) groups excluding carboxylic acids is 4. The maximum atomic E-state index is 15.3. The number of nitrogens with zero attached hydrogens (tertiary/aromatic N) is 2. The minimum absolute atomic E-state index is 0.0736. The second-order valence-corrected chi connectivity index (χ2v) is 15.3. The first kappa shape index (κ1) is 34.3. The first-order valence-electron chi connectivity index (χ1n) is 16.9. The molecule has 4 aliphatic rings. The van der Waals surface area contributed by atoms with E-state index in [-0.39, 0.29) is 42.7 Å². The van der Waals surface area contributed by atoms with E-state index in [4.69, 9.17) is 16.3 Å². The zero-order valence-electron chi connectivity index (χ0n) is 27.8. The number of hydrogen-bond donors (Lipinski definition) is 2. The number of imide groups is 2.